The summed E-state index contributed by atoms with van der Waals surface area (Å²) in [5, 5.41) is 2.68. The number of hydrogen-bond acceptors (Lipinski definition) is 3. The predicted molar refractivity (Wildman–Crippen MR) is 84.7 cm³/mol. The van der Waals surface area contributed by atoms with Gasteiger partial charge in [0.1, 0.15) is 11.6 Å². The number of benzene rings is 1. The van der Waals surface area contributed by atoms with Crippen molar-refractivity contribution in [1.82, 2.24) is 4.98 Å². The van der Waals surface area contributed by atoms with E-state index in [1.165, 1.54) is 37.5 Å². The van der Waals surface area contributed by atoms with E-state index < -0.39 is 5.82 Å². The Morgan fingerprint density at radius 3 is 2.64 bits per heavy atom. The molecule has 22 heavy (non-hydrogen) atoms. The summed E-state index contributed by atoms with van der Waals surface area (Å²) in [5.74, 6) is -0.325. The third-order valence-corrected chi connectivity index (χ3v) is 3.80. The van der Waals surface area contributed by atoms with Gasteiger partial charge in [0, 0.05) is 18.7 Å². The van der Waals surface area contributed by atoms with Crippen molar-refractivity contribution in [3.8, 4) is 0 Å². The Labute approximate surface area is 129 Å². The molecule has 0 spiro atoms. The highest BCUT2D eigenvalue weighted by molar-refractivity contribution is 6.03. The van der Waals surface area contributed by atoms with Gasteiger partial charge in [-0.1, -0.05) is 6.07 Å². The quantitative estimate of drug-likeness (QED) is 0.944. The normalized spacial score (nSPS) is 14.7. The van der Waals surface area contributed by atoms with Gasteiger partial charge in [-0.15, -0.1) is 0 Å². The number of anilines is 2. The van der Waals surface area contributed by atoms with Crippen molar-refractivity contribution in [3.63, 3.8) is 0 Å². The number of nitrogens with one attached hydrogen (secondary N) is 1. The zero-order chi connectivity index (χ0) is 15.4. The summed E-state index contributed by atoms with van der Waals surface area (Å²) in [6, 6.07) is 9.33. The van der Waals surface area contributed by atoms with E-state index in [0.29, 0.717) is 5.82 Å². The van der Waals surface area contributed by atoms with Gasteiger partial charge in [-0.25, -0.2) is 9.37 Å². The van der Waals surface area contributed by atoms with Crippen LogP contribution < -0.4 is 10.2 Å². The van der Waals surface area contributed by atoms with E-state index in [4.69, 9.17) is 0 Å². The molecule has 1 aromatic carbocycles. The second-order valence-electron chi connectivity index (χ2n) is 5.41. The molecular formula is C17H18FN3O. The molecule has 0 unspecified atom stereocenters. The van der Waals surface area contributed by atoms with E-state index in [-0.39, 0.29) is 11.5 Å². The topological polar surface area (TPSA) is 45.2 Å². The van der Waals surface area contributed by atoms with Crippen molar-refractivity contribution in [2.24, 2.45) is 0 Å². The SMILES string of the molecule is O=C(Nc1ccc(N2CCCCC2)cn1)c1cccc(F)c1. The first-order valence-electron chi connectivity index (χ1n) is 7.50. The third-order valence-electron chi connectivity index (χ3n) is 3.80. The molecule has 4 nitrogen and oxygen atoms in total. The largest absolute Gasteiger partial charge is 0.370 e. The van der Waals surface area contributed by atoms with Gasteiger partial charge >= 0.3 is 0 Å². The molecule has 3 rings (SSSR count). The Bertz CT molecular complexity index is 651. The molecule has 1 fully saturated rings. The van der Waals surface area contributed by atoms with Gasteiger partial charge in [-0.2, -0.15) is 0 Å². The standard InChI is InChI=1S/C17H18FN3O/c18-14-6-4-5-13(11-14)17(22)20-16-8-7-15(12-19-16)21-9-2-1-3-10-21/h4-8,11-12H,1-3,9-10H2,(H,19,20,22). The van der Waals surface area contributed by atoms with Crippen LogP contribution in [0.3, 0.4) is 0 Å². The minimum absolute atomic E-state index is 0.280. The van der Waals surface area contributed by atoms with E-state index in [9.17, 15) is 9.18 Å². The number of aromatic nitrogens is 1. The predicted octanol–water partition coefficient (Wildman–Crippen LogP) is 3.46. The molecule has 1 aliphatic rings. The summed E-state index contributed by atoms with van der Waals surface area (Å²) >= 11 is 0. The monoisotopic (exact) mass is 299 g/mol. The van der Waals surface area contributed by atoms with Crippen LogP contribution >= 0.6 is 0 Å². The molecule has 0 aliphatic carbocycles. The average molecular weight is 299 g/mol. The van der Waals surface area contributed by atoms with Gasteiger partial charge in [0.2, 0.25) is 0 Å². The summed E-state index contributed by atoms with van der Waals surface area (Å²) < 4.78 is 13.1. The van der Waals surface area contributed by atoms with Crippen molar-refractivity contribution < 1.29 is 9.18 Å². The summed E-state index contributed by atoms with van der Waals surface area (Å²) in [5.41, 5.74) is 1.35. The van der Waals surface area contributed by atoms with Gasteiger partial charge in [0.05, 0.1) is 11.9 Å². The fourth-order valence-electron chi connectivity index (χ4n) is 2.62. The number of piperidine rings is 1. The number of carbonyl (C=O) groups excluding carboxylic acids is 1. The van der Waals surface area contributed by atoms with Crippen LogP contribution in [0.2, 0.25) is 0 Å². The molecule has 1 N–H and O–H groups in total. The fourth-order valence-corrected chi connectivity index (χ4v) is 2.62. The zero-order valence-corrected chi connectivity index (χ0v) is 12.3. The highest BCUT2D eigenvalue weighted by Crippen LogP contribution is 2.20. The lowest BCUT2D eigenvalue weighted by atomic mass is 10.1. The van der Waals surface area contributed by atoms with Crippen LogP contribution in [0.1, 0.15) is 29.6 Å². The molecule has 5 heteroatoms. The number of amides is 1. The minimum atomic E-state index is -0.430. The van der Waals surface area contributed by atoms with Crippen LogP contribution in [-0.2, 0) is 0 Å². The summed E-state index contributed by atoms with van der Waals surface area (Å²) in [4.78, 5) is 18.6. The molecule has 1 aliphatic heterocycles. The molecule has 0 saturated carbocycles. The summed E-state index contributed by atoms with van der Waals surface area (Å²) in [7, 11) is 0. The number of carbonyl (C=O) groups is 1. The van der Waals surface area contributed by atoms with Gasteiger partial charge in [-0.3, -0.25) is 4.79 Å². The van der Waals surface area contributed by atoms with Crippen LogP contribution in [0.5, 0.6) is 0 Å². The summed E-state index contributed by atoms with van der Waals surface area (Å²) in [6.07, 6.45) is 5.47. The van der Waals surface area contributed by atoms with Crippen LogP contribution in [0.15, 0.2) is 42.6 Å². The lowest BCUT2D eigenvalue weighted by Crippen LogP contribution is -2.29. The first-order valence-corrected chi connectivity index (χ1v) is 7.50. The number of halogens is 1. The van der Waals surface area contributed by atoms with Crippen molar-refractivity contribution in [1.29, 1.82) is 0 Å². The number of hydrogen-bond donors (Lipinski definition) is 1. The lowest BCUT2D eigenvalue weighted by Gasteiger charge is -2.28. The highest BCUT2D eigenvalue weighted by atomic mass is 19.1. The van der Waals surface area contributed by atoms with E-state index in [0.717, 1.165) is 18.8 Å². The van der Waals surface area contributed by atoms with Crippen molar-refractivity contribution in [2.45, 2.75) is 19.3 Å². The molecular weight excluding hydrogens is 281 g/mol. The molecule has 2 aromatic rings. The van der Waals surface area contributed by atoms with Crippen LogP contribution in [-0.4, -0.2) is 24.0 Å². The molecule has 0 radical (unpaired) electrons. The second kappa shape index (κ2) is 6.56. The maximum atomic E-state index is 13.1. The first kappa shape index (κ1) is 14.5. The Balaban J connectivity index is 1.66. The van der Waals surface area contributed by atoms with E-state index in [1.54, 1.807) is 18.3 Å². The molecule has 1 amide bonds. The van der Waals surface area contributed by atoms with Crippen LogP contribution in [0.25, 0.3) is 0 Å². The Morgan fingerprint density at radius 2 is 1.95 bits per heavy atom. The third kappa shape index (κ3) is 3.42. The highest BCUT2D eigenvalue weighted by Gasteiger charge is 2.12. The molecule has 0 bridgehead atoms. The number of pyridine rings is 1. The maximum Gasteiger partial charge on any atom is 0.256 e. The van der Waals surface area contributed by atoms with Crippen LogP contribution in [0.4, 0.5) is 15.9 Å². The maximum absolute atomic E-state index is 13.1. The van der Waals surface area contributed by atoms with Crippen molar-refractivity contribution in [2.75, 3.05) is 23.3 Å². The Kier molecular flexibility index (Phi) is 4.32. The Morgan fingerprint density at radius 1 is 1.14 bits per heavy atom. The van der Waals surface area contributed by atoms with Crippen LogP contribution in [0, 0.1) is 5.82 Å². The molecule has 114 valence electrons. The van der Waals surface area contributed by atoms with Gasteiger partial charge < -0.3 is 10.2 Å². The molecule has 1 aromatic heterocycles. The van der Waals surface area contributed by atoms with Gasteiger partial charge in [0.15, 0.2) is 0 Å². The fraction of sp³-hybridized carbons (Fsp3) is 0.294. The average Bonchev–Trinajstić information content (AvgIpc) is 2.56. The van der Waals surface area contributed by atoms with E-state index in [1.807, 2.05) is 6.07 Å². The minimum Gasteiger partial charge on any atom is -0.370 e. The number of nitrogens with zero attached hydrogens (tertiary/aromatic N) is 2. The van der Waals surface area contributed by atoms with Gasteiger partial charge in [0.25, 0.3) is 5.91 Å². The van der Waals surface area contributed by atoms with E-state index >= 15 is 0 Å². The second-order valence-corrected chi connectivity index (χ2v) is 5.41. The van der Waals surface area contributed by atoms with Crippen molar-refractivity contribution >= 4 is 17.4 Å². The smallest absolute Gasteiger partial charge is 0.256 e. The first-order chi connectivity index (χ1) is 10.7. The van der Waals surface area contributed by atoms with Gasteiger partial charge in [-0.05, 0) is 49.6 Å². The van der Waals surface area contributed by atoms with E-state index in [2.05, 4.69) is 15.2 Å². The Hall–Kier alpha value is -2.43. The molecule has 2 heterocycles. The number of rotatable bonds is 3. The molecule has 1 saturated heterocycles. The molecule has 0 atom stereocenters. The zero-order valence-electron chi connectivity index (χ0n) is 12.3. The summed E-state index contributed by atoms with van der Waals surface area (Å²) in [6.45, 7) is 2.10. The lowest BCUT2D eigenvalue weighted by molar-refractivity contribution is 0.102. The van der Waals surface area contributed by atoms with Crippen molar-refractivity contribution in [3.05, 3.63) is 54.0 Å².